The van der Waals surface area contributed by atoms with E-state index in [1.165, 1.54) is 17.3 Å². The van der Waals surface area contributed by atoms with E-state index in [1.54, 1.807) is 25.1 Å². The smallest absolute Gasteiger partial charge is 0.338 e. The van der Waals surface area contributed by atoms with Gasteiger partial charge in [0.2, 0.25) is 5.91 Å². The number of rotatable bonds is 7. The SMILES string of the molecule is C[C@@H](CCc1ccccc1)NC(=O)[C@@H](C)OC(=O)c1ccc2c(c1)NC(=O)CS2. The number of nitrogens with one attached hydrogen (secondary N) is 2. The summed E-state index contributed by atoms with van der Waals surface area (Å²) in [6.07, 6.45) is 0.732. The van der Waals surface area contributed by atoms with Crippen LogP contribution in [-0.4, -0.2) is 35.7 Å². The van der Waals surface area contributed by atoms with Crippen molar-refractivity contribution in [2.75, 3.05) is 11.1 Å². The summed E-state index contributed by atoms with van der Waals surface area (Å²) in [6, 6.07) is 15.0. The predicted molar refractivity (Wildman–Crippen MR) is 113 cm³/mol. The zero-order valence-electron chi connectivity index (χ0n) is 16.4. The van der Waals surface area contributed by atoms with E-state index in [0.717, 1.165) is 17.7 Å². The maximum atomic E-state index is 12.4. The van der Waals surface area contributed by atoms with E-state index >= 15 is 0 Å². The molecule has 3 rings (SSSR count). The van der Waals surface area contributed by atoms with Gasteiger partial charge < -0.3 is 15.4 Å². The van der Waals surface area contributed by atoms with Gasteiger partial charge in [0.15, 0.2) is 6.10 Å². The Morgan fingerprint density at radius 3 is 2.69 bits per heavy atom. The van der Waals surface area contributed by atoms with Crippen molar-refractivity contribution in [3.05, 3.63) is 59.7 Å². The van der Waals surface area contributed by atoms with Crippen LogP contribution < -0.4 is 10.6 Å². The Labute approximate surface area is 174 Å². The Bertz CT molecular complexity index is 901. The van der Waals surface area contributed by atoms with Crippen LogP contribution in [0.5, 0.6) is 0 Å². The van der Waals surface area contributed by atoms with E-state index in [4.69, 9.17) is 4.74 Å². The Kier molecular flexibility index (Phi) is 6.93. The highest BCUT2D eigenvalue weighted by Gasteiger charge is 2.22. The molecular weight excluding hydrogens is 388 g/mol. The molecule has 1 heterocycles. The van der Waals surface area contributed by atoms with Crippen molar-refractivity contribution in [3.63, 3.8) is 0 Å². The predicted octanol–water partition coefficient (Wildman–Crippen LogP) is 3.41. The van der Waals surface area contributed by atoms with Gasteiger partial charge in [0, 0.05) is 10.9 Å². The highest BCUT2D eigenvalue weighted by atomic mass is 32.2. The summed E-state index contributed by atoms with van der Waals surface area (Å²) in [5, 5.41) is 5.62. The number of carbonyl (C=O) groups is 3. The Morgan fingerprint density at radius 2 is 1.93 bits per heavy atom. The van der Waals surface area contributed by atoms with E-state index in [2.05, 4.69) is 22.8 Å². The molecule has 1 aliphatic heterocycles. The molecule has 1 aliphatic rings. The minimum absolute atomic E-state index is 0.0418. The highest BCUT2D eigenvalue weighted by molar-refractivity contribution is 8.00. The summed E-state index contributed by atoms with van der Waals surface area (Å²) in [5.74, 6) is -0.681. The van der Waals surface area contributed by atoms with Gasteiger partial charge in [-0.2, -0.15) is 0 Å². The lowest BCUT2D eigenvalue weighted by atomic mass is 10.1. The third kappa shape index (κ3) is 5.84. The first-order valence-electron chi connectivity index (χ1n) is 9.54. The fourth-order valence-electron chi connectivity index (χ4n) is 2.95. The quantitative estimate of drug-likeness (QED) is 0.681. The molecular formula is C22H24N2O4S. The molecule has 7 heteroatoms. The Morgan fingerprint density at radius 1 is 1.17 bits per heavy atom. The standard InChI is InChI=1S/C22H24N2O4S/c1-14(8-9-16-6-4-3-5-7-16)23-21(26)15(2)28-22(27)17-10-11-19-18(12-17)24-20(25)13-29-19/h3-7,10-12,14-15H,8-9,13H2,1-2H3,(H,23,26)(H,24,25)/t14-,15+/m0/s1. The fourth-order valence-corrected chi connectivity index (χ4v) is 3.74. The number of thioether (sulfide) groups is 1. The third-order valence-corrected chi connectivity index (χ3v) is 5.67. The number of benzene rings is 2. The molecule has 0 aromatic heterocycles. The zero-order valence-corrected chi connectivity index (χ0v) is 17.3. The molecule has 0 saturated heterocycles. The lowest BCUT2D eigenvalue weighted by molar-refractivity contribution is -0.129. The first-order valence-corrected chi connectivity index (χ1v) is 10.5. The van der Waals surface area contributed by atoms with E-state index in [9.17, 15) is 14.4 Å². The van der Waals surface area contributed by atoms with Crippen molar-refractivity contribution in [2.24, 2.45) is 0 Å². The average Bonchev–Trinajstić information content (AvgIpc) is 2.72. The second-order valence-electron chi connectivity index (χ2n) is 7.03. The van der Waals surface area contributed by atoms with Gasteiger partial charge in [0.05, 0.1) is 17.0 Å². The molecule has 0 radical (unpaired) electrons. The maximum Gasteiger partial charge on any atom is 0.338 e. The number of esters is 1. The average molecular weight is 413 g/mol. The molecule has 0 unspecified atom stereocenters. The lowest BCUT2D eigenvalue weighted by Crippen LogP contribution is -2.41. The first-order chi connectivity index (χ1) is 13.9. The van der Waals surface area contributed by atoms with Gasteiger partial charge in [0.25, 0.3) is 5.91 Å². The minimum Gasteiger partial charge on any atom is -0.449 e. The van der Waals surface area contributed by atoms with Gasteiger partial charge in [-0.15, -0.1) is 11.8 Å². The van der Waals surface area contributed by atoms with Crippen LogP contribution in [0.15, 0.2) is 53.4 Å². The maximum absolute atomic E-state index is 12.4. The molecule has 6 nitrogen and oxygen atoms in total. The topological polar surface area (TPSA) is 84.5 Å². The van der Waals surface area contributed by atoms with Gasteiger partial charge in [-0.1, -0.05) is 30.3 Å². The molecule has 29 heavy (non-hydrogen) atoms. The third-order valence-electron chi connectivity index (χ3n) is 4.60. The molecule has 0 bridgehead atoms. The van der Waals surface area contributed by atoms with E-state index in [1.807, 2.05) is 25.1 Å². The van der Waals surface area contributed by atoms with Crippen molar-refractivity contribution in [1.29, 1.82) is 0 Å². The summed E-state index contributed by atoms with van der Waals surface area (Å²) in [5.41, 5.74) is 2.10. The largest absolute Gasteiger partial charge is 0.449 e. The zero-order chi connectivity index (χ0) is 20.8. The second kappa shape index (κ2) is 9.60. The van der Waals surface area contributed by atoms with Crippen molar-refractivity contribution < 1.29 is 19.1 Å². The van der Waals surface area contributed by atoms with E-state index < -0.39 is 12.1 Å². The van der Waals surface area contributed by atoms with Gasteiger partial charge in [-0.3, -0.25) is 9.59 Å². The molecule has 2 aromatic rings. The summed E-state index contributed by atoms with van der Waals surface area (Å²) in [4.78, 5) is 37.2. The van der Waals surface area contributed by atoms with Crippen LogP contribution in [-0.2, 0) is 20.7 Å². The molecule has 0 saturated carbocycles. The van der Waals surface area contributed by atoms with Crippen LogP contribution in [0.4, 0.5) is 5.69 Å². The van der Waals surface area contributed by atoms with E-state index in [0.29, 0.717) is 17.0 Å². The van der Waals surface area contributed by atoms with Crippen LogP contribution >= 0.6 is 11.8 Å². The van der Waals surface area contributed by atoms with Gasteiger partial charge in [-0.05, 0) is 50.5 Å². The van der Waals surface area contributed by atoms with Gasteiger partial charge in [0.1, 0.15) is 0 Å². The first kappa shape index (κ1) is 20.9. The Hall–Kier alpha value is -2.80. The van der Waals surface area contributed by atoms with Crippen LogP contribution in [0.1, 0.15) is 36.2 Å². The number of fused-ring (bicyclic) bond motifs is 1. The molecule has 2 amide bonds. The van der Waals surface area contributed by atoms with Gasteiger partial charge >= 0.3 is 5.97 Å². The molecule has 152 valence electrons. The van der Waals surface area contributed by atoms with Crippen LogP contribution in [0, 0.1) is 0 Å². The Balaban J connectivity index is 1.50. The monoisotopic (exact) mass is 412 g/mol. The van der Waals surface area contributed by atoms with Crippen molar-refractivity contribution in [1.82, 2.24) is 5.32 Å². The molecule has 2 aromatic carbocycles. The summed E-state index contributed by atoms with van der Waals surface area (Å²) in [6.45, 7) is 3.48. The summed E-state index contributed by atoms with van der Waals surface area (Å²) < 4.78 is 5.31. The van der Waals surface area contributed by atoms with Crippen LogP contribution in [0.25, 0.3) is 0 Å². The number of aryl methyl sites for hydroxylation is 1. The van der Waals surface area contributed by atoms with Crippen molar-refractivity contribution in [3.8, 4) is 0 Å². The van der Waals surface area contributed by atoms with Crippen LogP contribution in [0.3, 0.4) is 0 Å². The number of ether oxygens (including phenoxy) is 1. The van der Waals surface area contributed by atoms with Gasteiger partial charge in [-0.25, -0.2) is 4.79 Å². The molecule has 2 atom stereocenters. The number of amides is 2. The van der Waals surface area contributed by atoms with E-state index in [-0.39, 0.29) is 17.9 Å². The molecule has 0 spiro atoms. The number of hydrogen-bond acceptors (Lipinski definition) is 5. The number of carbonyl (C=O) groups excluding carboxylic acids is 3. The fraction of sp³-hybridized carbons (Fsp3) is 0.318. The summed E-state index contributed by atoms with van der Waals surface area (Å²) in [7, 11) is 0. The van der Waals surface area contributed by atoms with Crippen molar-refractivity contribution >= 4 is 35.2 Å². The van der Waals surface area contributed by atoms with Crippen molar-refractivity contribution in [2.45, 2.75) is 43.7 Å². The minimum atomic E-state index is -0.915. The lowest BCUT2D eigenvalue weighted by Gasteiger charge is -2.19. The molecule has 2 N–H and O–H groups in total. The second-order valence-corrected chi connectivity index (χ2v) is 8.05. The number of anilines is 1. The summed E-state index contributed by atoms with van der Waals surface area (Å²) >= 11 is 1.42. The van der Waals surface area contributed by atoms with Crippen LogP contribution in [0.2, 0.25) is 0 Å². The highest BCUT2D eigenvalue weighted by Crippen LogP contribution is 2.32. The normalized spacial score (nSPS) is 14.9. The molecule has 0 aliphatic carbocycles. The molecule has 0 fully saturated rings. The number of hydrogen-bond donors (Lipinski definition) is 2.